The number of nitrogens with two attached hydrogens (primary N) is 1. The van der Waals surface area contributed by atoms with E-state index in [1.165, 1.54) is 11.9 Å². The number of rotatable bonds is 7. The minimum atomic E-state index is -0.882. The van der Waals surface area contributed by atoms with Gasteiger partial charge in [-0.25, -0.2) is 14.6 Å². The molecule has 2 atom stereocenters. The summed E-state index contributed by atoms with van der Waals surface area (Å²) in [7, 11) is 1.57. The highest BCUT2D eigenvalue weighted by molar-refractivity contribution is 6.00. The molecule has 1 saturated heterocycles. The number of nitrogens with zero attached hydrogens (tertiary/aromatic N) is 4. The van der Waals surface area contributed by atoms with Gasteiger partial charge in [-0.1, -0.05) is 36.4 Å². The van der Waals surface area contributed by atoms with Crippen molar-refractivity contribution in [3.8, 4) is 17.0 Å². The molecular formula is C28H32ClN7O3. The highest BCUT2D eigenvalue weighted by Gasteiger charge is 2.44. The average molecular weight is 550 g/mol. The number of aliphatic hydroxyl groups is 1. The van der Waals surface area contributed by atoms with Crippen molar-refractivity contribution >= 4 is 40.9 Å². The van der Waals surface area contributed by atoms with Gasteiger partial charge in [0.15, 0.2) is 5.65 Å². The van der Waals surface area contributed by atoms with Crippen LogP contribution in [0.15, 0.2) is 54.9 Å². The number of carbonyl (C=O) groups is 1. The number of carbonyl (C=O) groups excluding carboxylic acids is 1. The molecule has 1 aliphatic carbocycles. The summed E-state index contributed by atoms with van der Waals surface area (Å²) in [6, 6.07) is 15.6. The molecule has 6 rings (SSSR count). The van der Waals surface area contributed by atoms with Crippen molar-refractivity contribution < 1.29 is 14.6 Å². The number of piperidine rings is 1. The summed E-state index contributed by atoms with van der Waals surface area (Å²) in [5.74, 6) is 0.995. The van der Waals surface area contributed by atoms with Gasteiger partial charge in [0.05, 0.1) is 30.3 Å². The number of nitrogen functional groups attached to an aromatic ring is 1. The molecule has 39 heavy (non-hydrogen) atoms. The molecule has 1 saturated carbocycles. The number of halogens is 1. The second kappa shape index (κ2) is 10.8. The summed E-state index contributed by atoms with van der Waals surface area (Å²) in [6.45, 7) is 1.80. The van der Waals surface area contributed by atoms with Crippen LogP contribution in [0.1, 0.15) is 30.7 Å². The monoisotopic (exact) mass is 549 g/mol. The second-order valence-electron chi connectivity index (χ2n) is 10.2. The third-order valence-electron chi connectivity index (χ3n) is 7.62. The van der Waals surface area contributed by atoms with Crippen LogP contribution in [-0.2, 0) is 11.3 Å². The zero-order valence-corrected chi connectivity index (χ0v) is 22.4. The Morgan fingerprint density at radius 2 is 1.97 bits per heavy atom. The van der Waals surface area contributed by atoms with Gasteiger partial charge in [-0.05, 0) is 56.0 Å². The fourth-order valence-electron chi connectivity index (χ4n) is 5.39. The highest BCUT2D eigenvalue weighted by atomic mass is 35.5. The number of aromatic nitrogens is 4. The molecule has 2 fully saturated rings. The lowest BCUT2D eigenvalue weighted by atomic mass is 9.92. The maximum Gasteiger partial charge on any atom is 0.228 e. The van der Waals surface area contributed by atoms with Crippen molar-refractivity contribution in [2.75, 3.05) is 31.2 Å². The quantitative estimate of drug-likeness (QED) is 0.275. The van der Waals surface area contributed by atoms with Gasteiger partial charge >= 0.3 is 0 Å². The van der Waals surface area contributed by atoms with Crippen LogP contribution in [0.3, 0.4) is 0 Å². The van der Waals surface area contributed by atoms with E-state index in [0.717, 1.165) is 25.1 Å². The van der Waals surface area contributed by atoms with Gasteiger partial charge in [0, 0.05) is 11.5 Å². The normalized spacial score (nSPS) is 19.7. The number of nitrogens with one attached hydrogen (secondary N) is 2. The van der Waals surface area contributed by atoms with E-state index in [4.69, 9.17) is 15.6 Å². The average Bonchev–Trinajstić information content (AvgIpc) is 3.66. The van der Waals surface area contributed by atoms with E-state index < -0.39 is 5.60 Å². The Bertz CT molecular complexity index is 1490. The topological polar surface area (TPSA) is 140 Å². The van der Waals surface area contributed by atoms with Crippen molar-refractivity contribution in [3.05, 3.63) is 60.4 Å². The van der Waals surface area contributed by atoms with E-state index in [-0.39, 0.29) is 30.2 Å². The molecule has 204 valence electrons. The lowest BCUT2D eigenvalue weighted by molar-refractivity contribution is -0.117. The predicted molar refractivity (Wildman–Crippen MR) is 152 cm³/mol. The van der Waals surface area contributed by atoms with Crippen molar-refractivity contribution in [1.29, 1.82) is 0 Å². The van der Waals surface area contributed by atoms with E-state index in [0.29, 0.717) is 53.4 Å². The van der Waals surface area contributed by atoms with Crippen LogP contribution in [0.5, 0.6) is 5.75 Å². The van der Waals surface area contributed by atoms with E-state index in [9.17, 15) is 9.90 Å². The predicted octanol–water partition coefficient (Wildman–Crippen LogP) is 3.36. The first-order valence-electron chi connectivity index (χ1n) is 12.9. The van der Waals surface area contributed by atoms with Crippen molar-refractivity contribution in [2.45, 2.75) is 37.3 Å². The zero-order valence-electron chi connectivity index (χ0n) is 21.6. The lowest BCUT2D eigenvalue weighted by Crippen LogP contribution is -2.45. The number of hydrogen-bond acceptors (Lipinski definition) is 8. The molecule has 4 aromatic rings. The third-order valence-corrected chi connectivity index (χ3v) is 7.62. The van der Waals surface area contributed by atoms with Gasteiger partial charge in [-0.3, -0.25) is 4.79 Å². The number of amides is 1. The zero-order chi connectivity index (χ0) is 26.3. The van der Waals surface area contributed by atoms with Gasteiger partial charge in [-0.15, -0.1) is 12.4 Å². The minimum Gasteiger partial charge on any atom is -0.495 e. The third kappa shape index (κ3) is 5.27. The van der Waals surface area contributed by atoms with Crippen LogP contribution < -0.4 is 21.1 Å². The molecule has 0 radical (unpaired) electrons. The number of methoxy groups -OCH3 is 1. The Labute approximate surface area is 232 Å². The summed E-state index contributed by atoms with van der Waals surface area (Å²) >= 11 is 0. The number of fused-ring (bicyclic) bond motifs is 1. The Morgan fingerprint density at radius 1 is 1.21 bits per heavy atom. The Morgan fingerprint density at radius 3 is 2.72 bits per heavy atom. The van der Waals surface area contributed by atoms with E-state index in [2.05, 4.69) is 32.7 Å². The summed E-state index contributed by atoms with van der Waals surface area (Å²) in [4.78, 5) is 21.6. The molecule has 1 amide bonds. The maximum absolute atomic E-state index is 13.0. The van der Waals surface area contributed by atoms with Gasteiger partial charge in [0.25, 0.3) is 0 Å². The summed E-state index contributed by atoms with van der Waals surface area (Å²) in [5.41, 5.74) is 9.08. The lowest BCUT2D eigenvalue weighted by Gasteiger charge is -2.32. The summed E-state index contributed by atoms with van der Waals surface area (Å²) in [5, 5.41) is 22.9. The summed E-state index contributed by atoms with van der Waals surface area (Å²) < 4.78 is 7.36. The minimum absolute atomic E-state index is 0. The molecule has 11 heteroatoms. The molecule has 3 heterocycles. The molecule has 0 unspecified atom stereocenters. The molecule has 2 aromatic carbocycles. The molecular weight excluding hydrogens is 518 g/mol. The number of ether oxygens (including phenoxy) is 1. The van der Waals surface area contributed by atoms with Crippen LogP contribution >= 0.6 is 12.4 Å². The SMILES string of the molecule is COc1cc(-c2nn(CC3(O)CCNCC3)c3ncnc(N)c23)ccc1NC(=O)[C@@H]1C[C@H]1c1ccccc1.Cl. The van der Waals surface area contributed by atoms with Crippen LogP contribution in [0.2, 0.25) is 0 Å². The standard InChI is InChI=1S/C28H31N7O3.ClH/c1-38-22-13-18(7-8-21(22)33-27(36)20-14-19(20)17-5-3-2-4-6-17)24-23-25(29)31-16-32-26(23)35(34-24)15-28(37)9-11-30-12-10-28;/h2-8,13,16,19-20,30,37H,9-12,14-15H2,1H3,(H,33,36)(H2,29,31,32);1H/t19-,20+;/m0./s1. The van der Waals surface area contributed by atoms with E-state index >= 15 is 0 Å². The van der Waals surface area contributed by atoms with Crippen molar-refractivity contribution in [2.24, 2.45) is 5.92 Å². The van der Waals surface area contributed by atoms with Gasteiger partial charge in [-0.2, -0.15) is 5.10 Å². The van der Waals surface area contributed by atoms with Crippen molar-refractivity contribution in [1.82, 2.24) is 25.1 Å². The molecule has 0 spiro atoms. The van der Waals surface area contributed by atoms with Gasteiger partial charge < -0.3 is 26.2 Å². The van der Waals surface area contributed by atoms with Crippen LogP contribution in [0, 0.1) is 5.92 Å². The van der Waals surface area contributed by atoms with Gasteiger partial charge in [0.1, 0.15) is 23.6 Å². The van der Waals surface area contributed by atoms with Crippen LogP contribution in [0.25, 0.3) is 22.3 Å². The fraction of sp³-hybridized carbons (Fsp3) is 0.357. The molecule has 2 aromatic heterocycles. The van der Waals surface area contributed by atoms with Crippen LogP contribution in [-0.4, -0.2) is 56.6 Å². The van der Waals surface area contributed by atoms with Gasteiger partial charge in [0.2, 0.25) is 5.91 Å². The smallest absolute Gasteiger partial charge is 0.228 e. The van der Waals surface area contributed by atoms with E-state index in [1.807, 2.05) is 36.4 Å². The Hall–Kier alpha value is -3.73. The first-order chi connectivity index (χ1) is 18.5. The second-order valence-corrected chi connectivity index (χ2v) is 10.2. The van der Waals surface area contributed by atoms with Crippen LogP contribution in [0.4, 0.5) is 11.5 Å². The summed E-state index contributed by atoms with van der Waals surface area (Å²) in [6.07, 6.45) is 3.49. The number of benzene rings is 2. The first-order valence-corrected chi connectivity index (χ1v) is 12.9. The molecule has 0 bridgehead atoms. The first kappa shape index (κ1) is 26.9. The van der Waals surface area contributed by atoms with Crippen molar-refractivity contribution in [3.63, 3.8) is 0 Å². The fourth-order valence-corrected chi connectivity index (χ4v) is 5.39. The Kier molecular flexibility index (Phi) is 7.44. The Balaban J connectivity index is 0.00000308. The van der Waals surface area contributed by atoms with E-state index in [1.54, 1.807) is 11.8 Å². The number of anilines is 2. The molecule has 10 nitrogen and oxygen atoms in total. The maximum atomic E-state index is 13.0. The molecule has 2 aliphatic rings. The molecule has 5 N–H and O–H groups in total. The number of hydrogen-bond donors (Lipinski definition) is 4. The largest absolute Gasteiger partial charge is 0.495 e. The highest BCUT2D eigenvalue weighted by Crippen LogP contribution is 2.48. The molecule has 1 aliphatic heterocycles.